The van der Waals surface area contributed by atoms with Crippen LogP contribution < -0.4 is 5.32 Å². The Morgan fingerprint density at radius 1 is 1.62 bits per heavy atom. The molecule has 3 nitrogen and oxygen atoms in total. The van der Waals surface area contributed by atoms with Gasteiger partial charge >= 0.3 is 0 Å². The monoisotopic (exact) mass is 184 g/mol. The van der Waals surface area contributed by atoms with Crippen molar-refractivity contribution in [2.75, 3.05) is 20.1 Å². The van der Waals surface area contributed by atoms with E-state index in [9.17, 15) is 4.79 Å². The number of carbonyl (C=O) groups is 1. The van der Waals surface area contributed by atoms with Crippen LogP contribution in [0.4, 0.5) is 0 Å². The Hall–Kier alpha value is -0.990. The Bertz CT molecular complexity index is 176. The molecule has 1 heterocycles. The summed E-state index contributed by atoms with van der Waals surface area (Å²) < 4.78 is 0. The van der Waals surface area contributed by atoms with Gasteiger partial charge in [-0.05, 0) is 6.92 Å². The van der Waals surface area contributed by atoms with Crippen LogP contribution in [0.15, 0.2) is 11.9 Å². The third-order valence-corrected chi connectivity index (χ3v) is 1.78. The van der Waals surface area contributed by atoms with Crippen molar-refractivity contribution in [1.82, 2.24) is 10.2 Å². The van der Waals surface area contributed by atoms with Gasteiger partial charge in [0.05, 0.1) is 0 Å². The van der Waals surface area contributed by atoms with Crippen molar-refractivity contribution < 1.29 is 4.79 Å². The van der Waals surface area contributed by atoms with E-state index in [0.717, 1.165) is 19.4 Å². The molecule has 0 aromatic heterocycles. The molecular weight excluding hydrogens is 164 g/mol. The molecule has 0 spiro atoms. The Morgan fingerprint density at radius 2 is 2.15 bits per heavy atom. The zero-order valence-electron chi connectivity index (χ0n) is 9.00. The van der Waals surface area contributed by atoms with Gasteiger partial charge in [-0.1, -0.05) is 13.8 Å². The summed E-state index contributed by atoms with van der Waals surface area (Å²) in [5.41, 5.74) is 1.32. The lowest BCUT2D eigenvalue weighted by Crippen LogP contribution is -2.31. The van der Waals surface area contributed by atoms with Crippen molar-refractivity contribution in [2.24, 2.45) is 5.92 Å². The van der Waals surface area contributed by atoms with Crippen molar-refractivity contribution in [3.8, 4) is 0 Å². The van der Waals surface area contributed by atoms with Gasteiger partial charge in [-0.15, -0.1) is 0 Å². The van der Waals surface area contributed by atoms with Gasteiger partial charge in [-0.25, -0.2) is 0 Å². The van der Waals surface area contributed by atoms with Crippen LogP contribution in [0.1, 0.15) is 20.8 Å². The highest BCUT2D eigenvalue weighted by Crippen LogP contribution is 1.99. The normalized spacial score (nSPS) is 15.5. The summed E-state index contributed by atoms with van der Waals surface area (Å²) in [5, 5.41) is 3.16. The molecule has 0 radical (unpaired) electrons. The van der Waals surface area contributed by atoms with Gasteiger partial charge in [0.1, 0.15) is 6.29 Å². The highest BCUT2D eigenvalue weighted by atomic mass is 16.1. The largest absolute Gasteiger partial charge is 0.388 e. The van der Waals surface area contributed by atoms with E-state index in [4.69, 9.17) is 0 Å². The predicted octanol–water partition coefficient (Wildman–Crippen LogP) is 1.22. The summed E-state index contributed by atoms with van der Waals surface area (Å²) in [4.78, 5) is 11.7. The summed E-state index contributed by atoms with van der Waals surface area (Å²) in [5.74, 6) is 0.204. The first kappa shape index (κ1) is 12.0. The number of rotatable bonds is 1. The quantitative estimate of drug-likeness (QED) is 0.622. The summed E-state index contributed by atoms with van der Waals surface area (Å²) in [6, 6.07) is 0. The third-order valence-electron chi connectivity index (χ3n) is 1.78. The number of aldehydes is 1. The standard InChI is InChI=1S/C6H12N2.C4H8O/c1-6-5-7-3-4-8(6)2;1-4(2)3-5/h5,7H,3-4H2,1-2H3;3-4H,1-2H3. The zero-order valence-corrected chi connectivity index (χ0v) is 9.00. The average Bonchev–Trinajstić information content (AvgIpc) is 2.11. The third kappa shape index (κ3) is 6.20. The molecule has 0 atom stereocenters. The number of allylic oxidation sites excluding steroid dienone is 1. The fourth-order valence-electron chi connectivity index (χ4n) is 0.739. The lowest BCUT2D eigenvalue weighted by atomic mass is 10.3. The highest BCUT2D eigenvalue weighted by Gasteiger charge is 2.00. The molecule has 1 aliphatic rings. The van der Waals surface area contributed by atoms with Crippen molar-refractivity contribution in [2.45, 2.75) is 20.8 Å². The molecule has 76 valence electrons. The molecule has 3 heteroatoms. The number of hydrogen-bond donors (Lipinski definition) is 1. The van der Waals surface area contributed by atoms with Crippen LogP contribution in [0.25, 0.3) is 0 Å². The molecule has 1 N–H and O–H groups in total. The lowest BCUT2D eigenvalue weighted by Gasteiger charge is -2.24. The van der Waals surface area contributed by atoms with Gasteiger partial charge in [0.15, 0.2) is 0 Å². The molecule has 0 bridgehead atoms. The van der Waals surface area contributed by atoms with Gasteiger partial charge in [0, 0.05) is 38.0 Å². The van der Waals surface area contributed by atoms with Crippen molar-refractivity contribution in [1.29, 1.82) is 0 Å². The van der Waals surface area contributed by atoms with Gasteiger partial charge in [0.25, 0.3) is 0 Å². The van der Waals surface area contributed by atoms with Crippen LogP contribution in [0.5, 0.6) is 0 Å². The number of nitrogens with one attached hydrogen (secondary N) is 1. The Labute approximate surface area is 80.8 Å². The molecular formula is C10H20N2O. The Kier molecular flexibility index (Phi) is 6.02. The fraction of sp³-hybridized carbons (Fsp3) is 0.700. The molecule has 13 heavy (non-hydrogen) atoms. The van der Waals surface area contributed by atoms with E-state index in [1.54, 1.807) is 0 Å². The first-order valence-electron chi connectivity index (χ1n) is 4.64. The summed E-state index contributed by atoms with van der Waals surface area (Å²) in [6.07, 6.45) is 2.96. The molecule has 0 unspecified atom stereocenters. The van der Waals surface area contributed by atoms with E-state index in [1.165, 1.54) is 5.70 Å². The van der Waals surface area contributed by atoms with Crippen LogP contribution in [0.3, 0.4) is 0 Å². The fourth-order valence-corrected chi connectivity index (χ4v) is 0.739. The van der Waals surface area contributed by atoms with Crippen molar-refractivity contribution in [3.05, 3.63) is 11.9 Å². The van der Waals surface area contributed by atoms with E-state index < -0.39 is 0 Å². The van der Waals surface area contributed by atoms with E-state index in [1.807, 2.05) is 20.0 Å². The second-order valence-electron chi connectivity index (χ2n) is 3.54. The van der Waals surface area contributed by atoms with E-state index in [-0.39, 0.29) is 5.92 Å². The van der Waals surface area contributed by atoms with E-state index >= 15 is 0 Å². The molecule has 0 saturated carbocycles. The maximum atomic E-state index is 9.50. The minimum Gasteiger partial charge on any atom is -0.388 e. The molecule has 1 rings (SSSR count). The molecule has 0 amide bonds. The topological polar surface area (TPSA) is 32.3 Å². The Balaban J connectivity index is 0.000000252. The number of likely N-dealkylation sites (N-methyl/N-ethyl adjacent to an activating group) is 1. The smallest absolute Gasteiger partial charge is 0.122 e. The minimum absolute atomic E-state index is 0.204. The van der Waals surface area contributed by atoms with Crippen molar-refractivity contribution >= 4 is 6.29 Å². The maximum absolute atomic E-state index is 9.50. The Morgan fingerprint density at radius 3 is 2.38 bits per heavy atom. The van der Waals surface area contributed by atoms with Crippen molar-refractivity contribution in [3.63, 3.8) is 0 Å². The SMILES string of the molecule is CC(C)C=O.CC1=CNCCN1C. The first-order valence-corrected chi connectivity index (χ1v) is 4.64. The summed E-state index contributed by atoms with van der Waals surface area (Å²) in [6.45, 7) is 8.02. The molecule has 0 aromatic carbocycles. The van der Waals surface area contributed by atoms with E-state index in [2.05, 4.69) is 24.2 Å². The minimum atomic E-state index is 0.204. The van der Waals surface area contributed by atoms with Gasteiger partial charge in [0.2, 0.25) is 0 Å². The van der Waals surface area contributed by atoms with Crippen LogP contribution in [0, 0.1) is 5.92 Å². The molecule has 0 aliphatic carbocycles. The van der Waals surface area contributed by atoms with Gasteiger partial charge in [-0.2, -0.15) is 0 Å². The first-order chi connectivity index (χ1) is 6.07. The zero-order chi connectivity index (χ0) is 10.3. The number of carbonyl (C=O) groups excluding carboxylic acids is 1. The van der Waals surface area contributed by atoms with Gasteiger partial charge < -0.3 is 15.0 Å². The number of hydrogen-bond acceptors (Lipinski definition) is 3. The lowest BCUT2D eigenvalue weighted by molar-refractivity contribution is -0.110. The van der Waals surface area contributed by atoms with Crippen LogP contribution in [-0.2, 0) is 4.79 Å². The van der Waals surface area contributed by atoms with E-state index in [0.29, 0.717) is 0 Å². The number of nitrogens with zero attached hydrogens (tertiary/aromatic N) is 1. The van der Waals surface area contributed by atoms with Gasteiger partial charge in [-0.3, -0.25) is 0 Å². The van der Waals surface area contributed by atoms with Crippen LogP contribution in [-0.4, -0.2) is 31.3 Å². The summed E-state index contributed by atoms with van der Waals surface area (Å²) in [7, 11) is 2.10. The van der Waals surface area contributed by atoms with Crippen LogP contribution >= 0.6 is 0 Å². The van der Waals surface area contributed by atoms with Crippen LogP contribution in [0.2, 0.25) is 0 Å². The predicted molar refractivity (Wildman–Crippen MR) is 55.3 cm³/mol. The molecule has 0 fully saturated rings. The molecule has 0 aromatic rings. The second-order valence-corrected chi connectivity index (χ2v) is 3.54. The maximum Gasteiger partial charge on any atom is 0.122 e. The highest BCUT2D eigenvalue weighted by molar-refractivity contribution is 5.51. The summed E-state index contributed by atoms with van der Waals surface area (Å²) >= 11 is 0. The second kappa shape index (κ2) is 6.52. The average molecular weight is 184 g/mol. The molecule has 0 saturated heterocycles. The molecule has 1 aliphatic heterocycles.